The highest BCUT2D eigenvalue weighted by Crippen LogP contribution is 2.69. The molecule has 0 aliphatic heterocycles. The van der Waals surface area contributed by atoms with Crippen molar-refractivity contribution in [3.05, 3.63) is 91.3 Å². The van der Waals surface area contributed by atoms with E-state index in [2.05, 4.69) is 135 Å². The van der Waals surface area contributed by atoms with Crippen molar-refractivity contribution in [2.24, 2.45) is 38.4 Å². The Morgan fingerprint density at radius 3 is 1.91 bits per heavy atom. The molecule has 0 heterocycles. The van der Waals surface area contributed by atoms with Gasteiger partial charge in [-0.2, -0.15) is 12.6 Å². The smallest absolute Gasteiger partial charge is 0.251 e. The minimum atomic E-state index is -0.434. The number of unbranched alkanes of at least 4 members (excludes halogenated alkanes) is 5. The van der Waals surface area contributed by atoms with Crippen LogP contribution in [0.2, 0.25) is 0 Å². The Labute approximate surface area is 414 Å². The van der Waals surface area contributed by atoms with Gasteiger partial charge in [0.2, 0.25) is 5.91 Å². The van der Waals surface area contributed by atoms with Crippen molar-refractivity contribution in [1.82, 2.24) is 10.2 Å². The quantitative estimate of drug-likeness (QED) is 0.0313. The van der Waals surface area contributed by atoms with Crippen molar-refractivity contribution in [1.29, 1.82) is 0 Å². The summed E-state index contributed by atoms with van der Waals surface area (Å²) in [7, 11) is 0. The summed E-state index contributed by atoms with van der Waals surface area (Å²) in [5.74, 6) is 1.49. The number of nitrogens with one attached hydrogen (secondary N) is 1. The molecule has 0 aliphatic rings. The van der Waals surface area contributed by atoms with E-state index in [1.54, 1.807) is 0 Å². The molecule has 376 valence electrons. The van der Waals surface area contributed by atoms with Gasteiger partial charge in [-0.05, 0) is 116 Å². The highest BCUT2D eigenvalue weighted by molar-refractivity contribution is 7.81. The normalized spacial score (nSPS) is 15.2. The fraction of sp³-hybridized carbons (Fsp3) is 0.700. The van der Waals surface area contributed by atoms with E-state index in [9.17, 15) is 9.59 Å². The van der Waals surface area contributed by atoms with Crippen molar-refractivity contribution in [2.45, 2.75) is 205 Å². The Morgan fingerprint density at radius 1 is 0.773 bits per heavy atom. The number of thiol groups is 1. The van der Waals surface area contributed by atoms with Crippen LogP contribution in [0.1, 0.15) is 216 Å². The van der Waals surface area contributed by atoms with E-state index in [4.69, 9.17) is 17.9 Å². The zero-order valence-corrected chi connectivity index (χ0v) is 46.5. The van der Waals surface area contributed by atoms with Gasteiger partial charge in [-0.25, -0.2) is 0 Å². The molecule has 66 heavy (non-hydrogen) atoms. The zero-order chi connectivity index (χ0) is 50.7. The number of ether oxygens (including phenoxy) is 1. The molecule has 0 aromatic heterocycles. The molecule has 1 aromatic rings. The van der Waals surface area contributed by atoms with E-state index in [0.717, 1.165) is 81.1 Å². The third-order valence-electron chi connectivity index (χ3n) is 17.0. The first-order chi connectivity index (χ1) is 30.5. The number of amides is 2. The molecular formula is C60H102N2O3S. The Bertz CT molecular complexity index is 1740. The molecule has 0 aliphatic carbocycles. The van der Waals surface area contributed by atoms with Gasteiger partial charge >= 0.3 is 0 Å². The molecule has 1 N–H and O–H groups in total. The van der Waals surface area contributed by atoms with E-state index in [0.29, 0.717) is 50.6 Å². The molecule has 5 nitrogen and oxygen atoms in total. The summed E-state index contributed by atoms with van der Waals surface area (Å²) in [5.41, 5.74) is 3.74. The predicted octanol–water partition coefficient (Wildman–Crippen LogP) is 17.1. The predicted molar refractivity (Wildman–Crippen MR) is 293 cm³/mol. The van der Waals surface area contributed by atoms with Crippen molar-refractivity contribution in [3.63, 3.8) is 0 Å². The summed E-state index contributed by atoms with van der Waals surface area (Å²) >= 11 is 4.64. The molecule has 2 amide bonds. The molecular weight excluding hydrogens is 829 g/mol. The van der Waals surface area contributed by atoms with Crippen molar-refractivity contribution < 1.29 is 14.3 Å². The van der Waals surface area contributed by atoms with Gasteiger partial charge in [-0.15, -0.1) is 6.58 Å². The second kappa shape index (κ2) is 27.3. The standard InChI is InChI=1S/C60H102N2O3S/c1-21-23-35-47(6)56(13,14)44-59(19,48(7)36-28-27-34-46(5)49(8)66)57(15,16)58(17,18)60(20,55(10,11)12)50(9)65-43-33-42-62(53(63)39-24-22-2)41-32-26-25-31-40-61-54(64)52-38-30-29-37-51(52)45(3)4/h22,29-30,37-38,47,49,66H,2-3,5,7,9,21,23-28,31-36,39-44H2,1,4,6,8,10-20H3,(H,61,64). The second-order valence-corrected chi connectivity index (χ2v) is 23.9. The number of hydrogen-bond acceptors (Lipinski definition) is 4. The first-order valence-electron chi connectivity index (χ1n) is 25.8. The molecule has 0 spiro atoms. The average molecular weight is 932 g/mol. The third kappa shape index (κ3) is 16.3. The summed E-state index contributed by atoms with van der Waals surface area (Å²) < 4.78 is 6.82. The van der Waals surface area contributed by atoms with Gasteiger partial charge < -0.3 is 15.0 Å². The molecule has 6 heteroatoms. The van der Waals surface area contributed by atoms with Crippen LogP contribution < -0.4 is 5.32 Å². The van der Waals surface area contributed by atoms with E-state index >= 15 is 0 Å². The number of hydrogen-bond donors (Lipinski definition) is 2. The number of rotatable bonds is 34. The largest absolute Gasteiger partial charge is 0.498 e. The Balaban J connectivity index is 3.23. The first kappa shape index (κ1) is 61.0. The van der Waals surface area contributed by atoms with Crippen molar-refractivity contribution >= 4 is 30.0 Å². The fourth-order valence-electron chi connectivity index (χ4n) is 10.4. The van der Waals surface area contributed by atoms with Crippen molar-refractivity contribution in [3.8, 4) is 0 Å². The minimum Gasteiger partial charge on any atom is -0.498 e. The van der Waals surface area contributed by atoms with Crippen LogP contribution >= 0.6 is 12.6 Å². The Hall–Kier alpha value is -2.99. The van der Waals surface area contributed by atoms with E-state index in [1.807, 2.05) is 42.2 Å². The monoisotopic (exact) mass is 931 g/mol. The van der Waals surface area contributed by atoms with Crippen LogP contribution in [0, 0.1) is 38.4 Å². The SMILES string of the molecule is C=CCCC(=O)N(CCCCCCNC(=O)c1ccccc1C(=C)C)CCCOC(=C)C(C)(C(C)(C)C)C(C)(C)C(C)(C)C(C)(CC(C)(C)C(C)CCCC)C(=C)CCCCC(=C)C(C)S. The molecule has 0 fully saturated rings. The number of benzene rings is 1. The molecule has 0 saturated heterocycles. The molecule has 1 rings (SSSR count). The highest BCUT2D eigenvalue weighted by atomic mass is 32.1. The van der Waals surface area contributed by atoms with Gasteiger partial charge in [-0.1, -0.05) is 189 Å². The molecule has 4 atom stereocenters. The van der Waals surface area contributed by atoms with Crippen LogP contribution in [-0.4, -0.2) is 48.2 Å². The lowest BCUT2D eigenvalue weighted by molar-refractivity contribution is -0.151. The number of carbonyl (C=O) groups excluding carboxylic acids is 2. The second-order valence-electron chi connectivity index (χ2n) is 23.1. The summed E-state index contributed by atoms with van der Waals surface area (Å²) in [6, 6.07) is 7.60. The van der Waals surface area contributed by atoms with Crippen molar-refractivity contribution in [2.75, 3.05) is 26.2 Å². The Kier molecular flexibility index (Phi) is 25.2. The van der Waals surface area contributed by atoms with E-state index in [1.165, 1.54) is 30.4 Å². The number of nitrogens with zero attached hydrogens (tertiary/aromatic N) is 1. The number of carbonyl (C=O) groups is 2. The Morgan fingerprint density at radius 2 is 1.35 bits per heavy atom. The molecule has 0 bridgehead atoms. The van der Waals surface area contributed by atoms with Gasteiger partial charge in [0.25, 0.3) is 5.91 Å². The minimum absolute atomic E-state index is 0.0625. The van der Waals surface area contributed by atoms with E-state index in [-0.39, 0.29) is 44.1 Å². The molecule has 1 aromatic carbocycles. The van der Waals surface area contributed by atoms with Gasteiger partial charge in [0.05, 0.1) is 12.4 Å². The maximum Gasteiger partial charge on any atom is 0.251 e. The highest BCUT2D eigenvalue weighted by Gasteiger charge is 2.63. The van der Waals surface area contributed by atoms with Gasteiger partial charge in [0, 0.05) is 42.3 Å². The number of allylic oxidation sites excluding steroid dienone is 4. The topological polar surface area (TPSA) is 58.6 Å². The van der Waals surface area contributed by atoms with Gasteiger partial charge in [-0.3, -0.25) is 9.59 Å². The third-order valence-corrected chi connectivity index (χ3v) is 17.4. The summed E-state index contributed by atoms with van der Waals surface area (Å²) in [5, 5.41) is 3.29. The van der Waals surface area contributed by atoms with Crippen LogP contribution in [0.4, 0.5) is 0 Å². The lowest BCUT2D eigenvalue weighted by atomic mass is 9.39. The lowest BCUT2D eigenvalue weighted by Crippen LogP contribution is -2.59. The maximum absolute atomic E-state index is 13.4. The van der Waals surface area contributed by atoms with Crippen LogP contribution in [0.3, 0.4) is 0 Å². The summed E-state index contributed by atoms with van der Waals surface area (Å²) in [4.78, 5) is 28.3. The molecule has 0 saturated carbocycles. The fourth-order valence-corrected chi connectivity index (χ4v) is 10.6. The summed E-state index contributed by atoms with van der Waals surface area (Å²) in [6.07, 6.45) is 16.3. The first-order valence-corrected chi connectivity index (χ1v) is 26.3. The molecule has 4 unspecified atom stereocenters. The molecule has 0 radical (unpaired) electrons. The van der Waals surface area contributed by atoms with Crippen LogP contribution in [-0.2, 0) is 9.53 Å². The average Bonchev–Trinajstić information content (AvgIpc) is 3.24. The van der Waals surface area contributed by atoms with Crippen LogP contribution in [0.15, 0.2) is 80.1 Å². The lowest BCUT2D eigenvalue weighted by Gasteiger charge is -2.65. The van der Waals surface area contributed by atoms with Crippen LogP contribution in [0.25, 0.3) is 5.57 Å². The summed E-state index contributed by atoms with van der Waals surface area (Å²) in [6.45, 7) is 60.0. The van der Waals surface area contributed by atoms with Crippen LogP contribution in [0.5, 0.6) is 0 Å². The van der Waals surface area contributed by atoms with Gasteiger partial charge in [0.1, 0.15) is 0 Å². The van der Waals surface area contributed by atoms with Gasteiger partial charge in [0.15, 0.2) is 0 Å². The maximum atomic E-state index is 13.4. The van der Waals surface area contributed by atoms with E-state index < -0.39 is 5.41 Å². The zero-order valence-electron chi connectivity index (χ0n) is 45.6.